The van der Waals surface area contributed by atoms with Crippen molar-refractivity contribution in [3.63, 3.8) is 0 Å². The van der Waals surface area contributed by atoms with Gasteiger partial charge in [-0.25, -0.2) is 0 Å². The fourth-order valence-corrected chi connectivity index (χ4v) is 1.26. The van der Waals surface area contributed by atoms with E-state index in [4.69, 9.17) is 0 Å². The van der Waals surface area contributed by atoms with Crippen LogP contribution >= 0.6 is 12.4 Å². The Morgan fingerprint density at radius 3 is 2.59 bits per heavy atom. The Hall–Kier alpha value is -1.46. The Bertz CT molecular complexity index is 407. The molecular formula is C11H15ClN2O3. The average molecular weight is 259 g/mol. The summed E-state index contributed by atoms with van der Waals surface area (Å²) in [7, 11) is 3.75. The number of carbonyl (C=O) groups is 1. The number of nitro groups is 1. The van der Waals surface area contributed by atoms with Crippen molar-refractivity contribution in [1.29, 1.82) is 0 Å². The summed E-state index contributed by atoms with van der Waals surface area (Å²) in [4.78, 5) is 23.6. The summed E-state index contributed by atoms with van der Waals surface area (Å²) in [6.07, 6.45) is 0.369. The fourth-order valence-electron chi connectivity index (χ4n) is 1.26. The van der Waals surface area contributed by atoms with Gasteiger partial charge < -0.3 is 4.90 Å². The SMILES string of the molecule is CN(C)CCC(=O)c1cccc([N+](=O)[O-])c1.Cl. The third-order valence-corrected chi connectivity index (χ3v) is 2.17. The molecule has 0 radical (unpaired) electrons. The van der Waals surface area contributed by atoms with Gasteiger partial charge >= 0.3 is 0 Å². The Kier molecular flexibility index (Phi) is 6.38. The third-order valence-electron chi connectivity index (χ3n) is 2.17. The van der Waals surface area contributed by atoms with E-state index in [1.165, 1.54) is 18.2 Å². The summed E-state index contributed by atoms with van der Waals surface area (Å²) in [6, 6.07) is 5.83. The maximum atomic E-state index is 11.7. The van der Waals surface area contributed by atoms with Crippen molar-refractivity contribution in [2.24, 2.45) is 0 Å². The van der Waals surface area contributed by atoms with Crippen LogP contribution in [0.1, 0.15) is 16.8 Å². The van der Waals surface area contributed by atoms with E-state index >= 15 is 0 Å². The summed E-state index contributed by atoms with van der Waals surface area (Å²) in [5.74, 6) is -0.0719. The van der Waals surface area contributed by atoms with Gasteiger partial charge in [0.15, 0.2) is 5.78 Å². The van der Waals surface area contributed by atoms with Crippen molar-refractivity contribution in [3.05, 3.63) is 39.9 Å². The number of rotatable bonds is 5. The minimum Gasteiger partial charge on any atom is -0.309 e. The monoisotopic (exact) mass is 258 g/mol. The highest BCUT2D eigenvalue weighted by molar-refractivity contribution is 5.96. The largest absolute Gasteiger partial charge is 0.309 e. The van der Waals surface area contributed by atoms with Gasteiger partial charge in [-0.1, -0.05) is 12.1 Å². The van der Waals surface area contributed by atoms with Crippen molar-refractivity contribution in [2.45, 2.75) is 6.42 Å². The standard InChI is InChI=1S/C11H14N2O3.ClH/c1-12(2)7-6-11(14)9-4-3-5-10(8-9)13(15)16;/h3-5,8H,6-7H2,1-2H3;1H. The van der Waals surface area contributed by atoms with Gasteiger partial charge in [0.1, 0.15) is 0 Å². The highest BCUT2D eigenvalue weighted by Crippen LogP contribution is 2.14. The summed E-state index contributed by atoms with van der Waals surface area (Å²) in [5, 5.41) is 10.5. The quantitative estimate of drug-likeness (QED) is 0.461. The first-order valence-corrected chi connectivity index (χ1v) is 4.93. The zero-order chi connectivity index (χ0) is 12.1. The number of nitrogens with zero attached hydrogens (tertiary/aromatic N) is 2. The second kappa shape index (κ2) is 6.98. The predicted octanol–water partition coefficient (Wildman–Crippen LogP) is 2.15. The minimum absolute atomic E-state index is 0. The molecule has 1 aromatic carbocycles. The topological polar surface area (TPSA) is 63.5 Å². The van der Waals surface area contributed by atoms with Crippen LogP contribution in [-0.2, 0) is 0 Å². The van der Waals surface area contributed by atoms with Gasteiger partial charge in [-0.2, -0.15) is 0 Å². The number of benzene rings is 1. The maximum absolute atomic E-state index is 11.7. The molecule has 0 atom stereocenters. The molecule has 0 heterocycles. The molecule has 0 aliphatic rings. The van der Waals surface area contributed by atoms with Gasteiger partial charge in [0, 0.05) is 30.7 Å². The van der Waals surface area contributed by atoms with E-state index in [1.807, 2.05) is 19.0 Å². The molecule has 0 saturated heterocycles. The molecule has 0 unspecified atom stereocenters. The molecule has 0 fully saturated rings. The predicted molar refractivity (Wildman–Crippen MR) is 67.8 cm³/mol. The number of halogens is 1. The van der Waals surface area contributed by atoms with Crippen LogP contribution in [0.5, 0.6) is 0 Å². The summed E-state index contributed by atoms with van der Waals surface area (Å²) in [5.41, 5.74) is 0.353. The number of nitro benzene ring substituents is 1. The van der Waals surface area contributed by atoms with Crippen molar-refractivity contribution in [3.8, 4) is 0 Å². The number of ketones is 1. The minimum atomic E-state index is -0.497. The van der Waals surface area contributed by atoms with Crippen LogP contribution in [0.4, 0.5) is 5.69 Å². The molecule has 17 heavy (non-hydrogen) atoms. The van der Waals surface area contributed by atoms with Crippen LogP contribution in [0.15, 0.2) is 24.3 Å². The Morgan fingerprint density at radius 1 is 1.41 bits per heavy atom. The van der Waals surface area contributed by atoms with Crippen molar-refractivity contribution in [2.75, 3.05) is 20.6 Å². The number of carbonyl (C=O) groups excluding carboxylic acids is 1. The Morgan fingerprint density at radius 2 is 2.06 bits per heavy atom. The molecule has 0 bridgehead atoms. The number of hydrogen-bond acceptors (Lipinski definition) is 4. The molecule has 5 nitrogen and oxygen atoms in total. The van der Waals surface area contributed by atoms with Crippen LogP contribution in [-0.4, -0.2) is 36.2 Å². The van der Waals surface area contributed by atoms with Gasteiger partial charge in [0.25, 0.3) is 5.69 Å². The zero-order valence-corrected chi connectivity index (χ0v) is 10.6. The van der Waals surface area contributed by atoms with Crippen LogP contribution in [0, 0.1) is 10.1 Å². The van der Waals surface area contributed by atoms with Crippen LogP contribution in [0.25, 0.3) is 0 Å². The van der Waals surface area contributed by atoms with E-state index in [0.29, 0.717) is 18.5 Å². The lowest BCUT2D eigenvalue weighted by Gasteiger charge is -2.07. The van der Waals surface area contributed by atoms with Crippen molar-refractivity contribution < 1.29 is 9.72 Å². The summed E-state index contributed by atoms with van der Waals surface area (Å²) < 4.78 is 0. The Balaban J connectivity index is 0.00000256. The van der Waals surface area contributed by atoms with E-state index in [-0.39, 0.29) is 23.9 Å². The first-order chi connectivity index (χ1) is 7.50. The molecule has 0 aromatic heterocycles. The first kappa shape index (κ1) is 15.5. The second-order valence-corrected chi connectivity index (χ2v) is 3.78. The maximum Gasteiger partial charge on any atom is 0.270 e. The number of hydrogen-bond donors (Lipinski definition) is 0. The normalized spacial score (nSPS) is 9.82. The molecule has 0 N–H and O–H groups in total. The zero-order valence-electron chi connectivity index (χ0n) is 9.75. The van der Waals surface area contributed by atoms with Crippen LogP contribution in [0.2, 0.25) is 0 Å². The van der Waals surface area contributed by atoms with Gasteiger partial charge in [-0.3, -0.25) is 14.9 Å². The molecular weight excluding hydrogens is 244 g/mol. The molecule has 0 spiro atoms. The smallest absolute Gasteiger partial charge is 0.270 e. The molecule has 0 aliphatic carbocycles. The second-order valence-electron chi connectivity index (χ2n) is 3.78. The number of non-ortho nitro benzene ring substituents is 1. The van der Waals surface area contributed by atoms with Gasteiger partial charge in [-0.05, 0) is 14.1 Å². The van der Waals surface area contributed by atoms with E-state index in [9.17, 15) is 14.9 Å². The van der Waals surface area contributed by atoms with E-state index in [2.05, 4.69) is 0 Å². The van der Waals surface area contributed by atoms with Gasteiger partial charge in [0.05, 0.1) is 4.92 Å². The van der Waals surface area contributed by atoms with E-state index in [1.54, 1.807) is 6.07 Å². The number of Topliss-reactive ketones (excluding diaryl/α,β-unsaturated/α-hetero) is 1. The van der Waals surface area contributed by atoms with Crippen molar-refractivity contribution >= 4 is 23.9 Å². The Labute approximate surface area is 106 Å². The van der Waals surface area contributed by atoms with Crippen LogP contribution in [0.3, 0.4) is 0 Å². The third kappa shape index (κ3) is 4.93. The van der Waals surface area contributed by atoms with E-state index < -0.39 is 4.92 Å². The molecule has 0 aliphatic heterocycles. The lowest BCUT2D eigenvalue weighted by atomic mass is 10.1. The van der Waals surface area contributed by atoms with Gasteiger partial charge in [-0.15, -0.1) is 12.4 Å². The highest BCUT2D eigenvalue weighted by atomic mass is 35.5. The molecule has 1 rings (SSSR count). The van der Waals surface area contributed by atoms with Crippen LogP contribution < -0.4 is 0 Å². The molecule has 0 amide bonds. The molecule has 6 heteroatoms. The van der Waals surface area contributed by atoms with Gasteiger partial charge in [0.2, 0.25) is 0 Å². The highest BCUT2D eigenvalue weighted by Gasteiger charge is 2.11. The lowest BCUT2D eigenvalue weighted by Crippen LogP contribution is -2.16. The molecule has 94 valence electrons. The average Bonchev–Trinajstić information content (AvgIpc) is 2.26. The fraction of sp³-hybridized carbons (Fsp3) is 0.364. The molecule has 0 saturated carbocycles. The summed E-state index contributed by atoms with van der Waals surface area (Å²) >= 11 is 0. The van der Waals surface area contributed by atoms with E-state index in [0.717, 1.165) is 0 Å². The van der Waals surface area contributed by atoms with Crippen molar-refractivity contribution in [1.82, 2.24) is 4.90 Å². The lowest BCUT2D eigenvalue weighted by molar-refractivity contribution is -0.384. The summed E-state index contributed by atoms with van der Waals surface area (Å²) in [6.45, 7) is 0.640. The molecule has 1 aromatic rings. The first-order valence-electron chi connectivity index (χ1n) is 4.93.